The second-order valence-corrected chi connectivity index (χ2v) is 7.97. The second-order valence-electron chi connectivity index (χ2n) is 6.49. The normalized spacial score (nSPS) is 16.5. The van der Waals surface area contributed by atoms with Crippen molar-refractivity contribution in [2.75, 3.05) is 18.1 Å². The standard InChI is InChI=1S/C21H23NO3S/c1-15-7-3-4-8-17(15)13-21(24)25-14-20(23)22-12-11-16(2)26-19-10-6-5-9-18(19)22/h3-10,16H,11-14H2,1-2H3. The van der Waals surface area contributed by atoms with Gasteiger partial charge in [0.2, 0.25) is 0 Å². The summed E-state index contributed by atoms with van der Waals surface area (Å²) in [6.45, 7) is 4.54. The lowest BCUT2D eigenvalue weighted by atomic mass is 10.1. The molecule has 0 N–H and O–H groups in total. The summed E-state index contributed by atoms with van der Waals surface area (Å²) in [5.41, 5.74) is 2.88. The summed E-state index contributed by atoms with van der Waals surface area (Å²) in [5, 5.41) is 0.442. The average molecular weight is 369 g/mol. The van der Waals surface area contributed by atoms with E-state index in [2.05, 4.69) is 6.92 Å². The predicted octanol–water partition coefficient (Wildman–Crippen LogP) is 4.00. The zero-order valence-electron chi connectivity index (χ0n) is 15.1. The SMILES string of the molecule is Cc1ccccc1CC(=O)OCC(=O)N1CCC(C)Sc2ccccc21. The molecule has 0 fully saturated rings. The lowest BCUT2D eigenvalue weighted by molar-refractivity contribution is -0.147. The molecule has 0 spiro atoms. The summed E-state index contributed by atoms with van der Waals surface area (Å²) in [7, 11) is 0. The molecule has 2 aromatic rings. The van der Waals surface area contributed by atoms with Crippen LogP contribution in [0, 0.1) is 6.92 Å². The van der Waals surface area contributed by atoms with Crippen LogP contribution in [0.4, 0.5) is 5.69 Å². The fourth-order valence-electron chi connectivity index (χ4n) is 2.98. The van der Waals surface area contributed by atoms with Gasteiger partial charge in [0.15, 0.2) is 6.61 Å². The van der Waals surface area contributed by atoms with E-state index in [1.165, 1.54) is 0 Å². The van der Waals surface area contributed by atoms with Gasteiger partial charge < -0.3 is 9.64 Å². The van der Waals surface area contributed by atoms with Gasteiger partial charge in [0.05, 0.1) is 12.1 Å². The zero-order chi connectivity index (χ0) is 18.5. The van der Waals surface area contributed by atoms with Crippen LogP contribution in [0.1, 0.15) is 24.5 Å². The van der Waals surface area contributed by atoms with Gasteiger partial charge in [0, 0.05) is 16.7 Å². The lowest BCUT2D eigenvalue weighted by Crippen LogP contribution is -2.36. The van der Waals surface area contributed by atoms with Gasteiger partial charge in [-0.2, -0.15) is 0 Å². The smallest absolute Gasteiger partial charge is 0.310 e. The molecule has 4 nitrogen and oxygen atoms in total. The van der Waals surface area contributed by atoms with Crippen LogP contribution in [0.5, 0.6) is 0 Å². The highest BCUT2D eigenvalue weighted by atomic mass is 32.2. The van der Waals surface area contributed by atoms with Crippen molar-refractivity contribution in [3.05, 3.63) is 59.7 Å². The molecule has 0 aliphatic carbocycles. The Bertz CT molecular complexity index is 805. The number of rotatable bonds is 4. The molecule has 0 radical (unpaired) electrons. The van der Waals surface area contributed by atoms with E-state index in [4.69, 9.17) is 4.74 Å². The van der Waals surface area contributed by atoms with E-state index in [0.717, 1.165) is 28.1 Å². The fourth-order valence-corrected chi connectivity index (χ4v) is 4.09. The van der Waals surface area contributed by atoms with Crippen molar-refractivity contribution in [1.29, 1.82) is 0 Å². The molecule has 2 aromatic carbocycles. The molecular formula is C21H23NO3S. The topological polar surface area (TPSA) is 46.6 Å². The van der Waals surface area contributed by atoms with Gasteiger partial charge in [-0.05, 0) is 36.6 Å². The van der Waals surface area contributed by atoms with Crippen molar-refractivity contribution >= 4 is 29.3 Å². The number of nitrogens with zero attached hydrogens (tertiary/aromatic N) is 1. The van der Waals surface area contributed by atoms with Gasteiger partial charge in [-0.3, -0.25) is 9.59 Å². The molecule has 1 aliphatic rings. The van der Waals surface area contributed by atoms with Crippen LogP contribution in [0.25, 0.3) is 0 Å². The third-order valence-electron chi connectivity index (χ3n) is 4.50. The average Bonchev–Trinajstić information content (AvgIpc) is 2.80. The molecule has 1 amide bonds. The van der Waals surface area contributed by atoms with E-state index in [0.29, 0.717) is 11.8 Å². The predicted molar refractivity (Wildman–Crippen MR) is 105 cm³/mol. The van der Waals surface area contributed by atoms with Crippen LogP contribution in [0.15, 0.2) is 53.4 Å². The number of carbonyl (C=O) groups is 2. The van der Waals surface area contributed by atoms with Gasteiger partial charge in [0.25, 0.3) is 5.91 Å². The summed E-state index contributed by atoms with van der Waals surface area (Å²) in [6, 6.07) is 15.6. The number of hydrogen-bond acceptors (Lipinski definition) is 4. The number of hydrogen-bond donors (Lipinski definition) is 0. The highest BCUT2D eigenvalue weighted by molar-refractivity contribution is 8.00. The van der Waals surface area contributed by atoms with Gasteiger partial charge in [0.1, 0.15) is 0 Å². The summed E-state index contributed by atoms with van der Waals surface area (Å²) in [4.78, 5) is 27.6. The Labute approximate surface area is 158 Å². The van der Waals surface area contributed by atoms with Crippen molar-refractivity contribution in [2.45, 2.75) is 36.8 Å². The molecule has 0 saturated carbocycles. The van der Waals surface area contributed by atoms with Crippen molar-refractivity contribution in [3.63, 3.8) is 0 Å². The van der Waals surface area contributed by atoms with Gasteiger partial charge in [-0.25, -0.2) is 0 Å². The van der Waals surface area contributed by atoms with E-state index in [-0.39, 0.29) is 24.9 Å². The zero-order valence-corrected chi connectivity index (χ0v) is 15.9. The number of aryl methyl sites for hydroxylation is 1. The Kier molecular flexibility index (Phi) is 5.99. The first kappa shape index (κ1) is 18.5. The molecule has 0 saturated heterocycles. The van der Waals surface area contributed by atoms with E-state index in [1.807, 2.05) is 55.5 Å². The molecule has 1 unspecified atom stereocenters. The van der Waals surface area contributed by atoms with Crippen molar-refractivity contribution in [3.8, 4) is 0 Å². The number of esters is 1. The molecule has 1 atom stereocenters. The number of thioether (sulfide) groups is 1. The number of benzene rings is 2. The van der Waals surface area contributed by atoms with Crippen LogP contribution in [-0.2, 0) is 20.7 Å². The fraction of sp³-hybridized carbons (Fsp3) is 0.333. The van der Waals surface area contributed by atoms with Crippen LogP contribution in [0.2, 0.25) is 0 Å². The number of carbonyl (C=O) groups excluding carboxylic acids is 2. The Morgan fingerprint density at radius 1 is 1.15 bits per heavy atom. The summed E-state index contributed by atoms with van der Waals surface area (Å²) in [5.74, 6) is -0.552. The number of para-hydroxylation sites is 1. The first-order valence-electron chi connectivity index (χ1n) is 8.81. The van der Waals surface area contributed by atoms with Crippen LogP contribution in [0.3, 0.4) is 0 Å². The lowest BCUT2D eigenvalue weighted by Gasteiger charge is -2.22. The monoisotopic (exact) mass is 369 g/mol. The first-order valence-corrected chi connectivity index (χ1v) is 9.68. The summed E-state index contributed by atoms with van der Waals surface area (Å²) in [6.07, 6.45) is 1.09. The maximum absolute atomic E-state index is 12.7. The molecule has 0 bridgehead atoms. The van der Waals surface area contributed by atoms with Gasteiger partial charge in [-0.1, -0.05) is 43.3 Å². The number of amides is 1. The minimum atomic E-state index is -0.376. The number of anilines is 1. The van der Waals surface area contributed by atoms with E-state index in [9.17, 15) is 9.59 Å². The summed E-state index contributed by atoms with van der Waals surface area (Å²) < 4.78 is 5.26. The molecule has 1 heterocycles. The third kappa shape index (κ3) is 4.47. The Hall–Kier alpha value is -2.27. The first-order chi connectivity index (χ1) is 12.5. The van der Waals surface area contributed by atoms with E-state index < -0.39 is 0 Å². The molecule has 0 aromatic heterocycles. The Morgan fingerprint density at radius 3 is 2.69 bits per heavy atom. The van der Waals surface area contributed by atoms with Gasteiger partial charge in [-0.15, -0.1) is 11.8 Å². The molecule has 1 aliphatic heterocycles. The van der Waals surface area contributed by atoms with Crippen LogP contribution < -0.4 is 4.90 Å². The molecular weight excluding hydrogens is 346 g/mol. The van der Waals surface area contributed by atoms with Crippen molar-refractivity contribution < 1.29 is 14.3 Å². The van der Waals surface area contributed by atoms with E-state index >= 15 is 0 Å². The number of fused-ring (bicyclic) bond motifs is 1. The quantitative estimate of drug-likeness (QED) is 0.765. The second kappa shape index (κ2) is 8.41. The Balaban J connectivity index is 1.63. The minimum absolute atomic E-state index is 0.176. The van der Waals surface area contributed by atoms with Crippen molar-refractivity contribution in [1.82, 2.24) is 0 Å². The highest BCUT2D eigenvalue weighted by Crippen LogP contribution is 2.37. The van der Waals surface area contributed by atoms with Crippen LogP contribution >= 0.6 is 11.8 Å². The maximum Gasteiger partial charge on any atom is 0.310 e. The van der Waals surface area contributed by atoms with Crippen molar-refractivity contribution in [2.24, 2.45) is 0 Å². The molecule has 3 rings (SSSR count). The minimum Gasteiger partial charge on any atom is -0.455 e. The highest BCUT2D eigenvalue weighted by Gasteiger charge is 2.24. The Morgan fingerprint density at radius 2 is 1.88 bits per heavy atom. The third-order valence-corrected chi connectivity index (χ3v) is 5.73. The largest absolute Gasteiger partial charge is 0.455 e. The van der Waals surface area contributed by atoms with Gasteiger partial charge >= 0.3 is 5.97 Å². The molecule has 5 heteroatoms. The van der Waals surface area contributed by atoms with E-state index in [1.54, 1.807) is 16.7 Å². The number of ether oxygens (including phenoxy) is 1. The maximum atomic E-state index is 12.7. The molecule has 26 heavy (non-hydrogen) atoms. The summed E-state index contributed by atoms with van der Waals surface area (Å²) >= 11 is 1.78. The molecule has 136 valence electrons. The van der Waals surface area contributed by atoms with Crippen LogP contribution in [-0.4, -0.2) is 30.3 Å².